The van der Waals surface area contributed by atoms with E-state index in [9.17, 15) is 0 Å². The van der Waals surface area contributed by atoms with E-state index >= 15 is 0 Å². The molecule has 7 heavy (non-hydrogen) atoms. The van der Waals surface area contributed by atoms with Crippen LogP contribution in [-0.2, 0) is 0 Å². The molecule has 2 heteroatoms. The van der Waals surface area contributed by atoms with E-state index < -0.39 is 0 Å². The maximum absolute atomic E-state index is 3.27. The fraction of sp³-hybridized carbons (Fsp3) is 1.00. The second kappa shape index (κ2) is 2.28. The van der Waals surface area contributed by atoms with Gasteiger partial charge in [-0.3, -0.25) is 0 Å². The SMILES string of the molecule is C[C@@H]1CCNCN1. The molecule has 1 heterocycles. The van der Waals surface area contributed by atoms with Gasteiger partial charge in [-0.2, -0.15) is 0 Å². The van der Waals surface area contributed by atoms with Crippen LogP contribution in [0.5, 0.6) is 0 Å². The standard InChI is InChI=1S/C5H12N2/c1-5-2-3-6-4-7-5/h5-7H,2-4H2,1H3/t5-/m1/s1. The summed E-state index contributed by atoms with van der Waals surface area (Å²) in [7, 11) is 0. The van der Waals surface area contributed by atoms with E-state index in [-0.39, 0.29) is 0 Å². The average Bonchev–Trinajstić information content (AvgIpc) is 1.69. The third kappa shape index (κ3) is 1.45. The first-order valence-corrected chi connectivity index (χ1v) is 2.83. The summed E-state index contributed by atoms with van der Waals surface area (Å²) in [6, 6.07) is 0.723. The topological polar surface area (TPSA) is 24.1 Å². The van der Waals surface area contributed by atoms with Crippen LogP contribution in [0.25, 0.3) is 0 Å². The van der Waals surface area contributed by atoms with Crippen LogP contribution in [0.1, 0.15) is 13.3 Å². The molecule has 1 aliphatic heterocycles. The van der Waals surface area contributed by atoms with Crippen molar-refractivity contribution < 1.29 is 0 Å². The van der Waals surface area contributed by atoms with Crippen LogP contribution in [0.15, 0.2) is 0 Å². The Hall–Kier alpha value is -0.0800. The molecule has 1 atom stereocenters. The molecule has 0 aliphatic carbocycles. The van der Waals surface area contributed by atoms with Crippen molar-refractivity contribution in [1.82, 2.24) is 10.6 Å². The molecule has 0 radical (unpaired) electrons. The molecule has 0 amide bonds. The van der Waals surface area contributed by atoms with Crippen molar-refractivity contribution in [3.8, 4) is 0 Å². The lowest BCUT2D eigenvalue weighted by Gasteiger charge is -2.19. The molecule has 0 unspecified atom stereocenters. The van der Waals surface area contributed by atoms with Gasteiger partial charge in [-0.1, -0.05) is 0 Å². The highest BCUT2D eigenvalue weighted by Crippen LogP contribution is 1.89. The van der Waals surface area contributed by atoms with E-state index in [0.29, 0.717) is 0 Å². The third-order valence-electron chi connectivity index (χ3n) is 1.33. The van der Waals surface area contributed by atoms with Crippen molar-refractivity contribution in [2.45, 2.75) is 19.4 Å². The Kier molecular flexibility index (Phi) is 1.65. The predicted molar refractivity (Wildman–Crippen MR) is 30.1 cm³/mol. The van der Waals surface area contributed by atoms with Crippen LogP contribution in [0.4, 0.5) is 0 Å². The van der Waals surface area contributed by atoms with Crippen LogP contribution in [0.2, 0.25) is 0 Å². The van der Waals surface area contributed by atoms with E-state index in [1.165, 1.54) is 13.0 Å². The molecule has 0 aromatic carbocycles. The second-order valence-electron chi connectivity index (χ2n) is 2.07. The number of hydrogen-bond donors (Lipinski definition) is 2. The Bertz CT molecular complexity index is 48.0. The third-order valence-corrected chi connectivity index (χ3v) is 1.33. The summed E-state index contributed by atoms with van der Waals surface area (Å²) in [4.78, 5) is 0. The number of nitrogens with one attached hydrogen (secondary N) is 2. The van der Waals surface area contributed by atoms with Gasteiger partial charge in [-0.15, -0.1) is 0 Å². The summed E-state index contributed by atoms with van der Waals surface area (Å²) in [6.07, 6.45) is 1.26. The largest absolute Gasteiger partial charge is 0.304 e. The zero-order chi connectivity index (χ0) is 5.11. The van der Waals surface area contributed by atoms with Gasteiger partial charge in [0.15, 0.2) is 0 Å². The predicted octanol–water partition coefficient (Wildman–Crippen LogP) is -0.0847. The molecule has 42 valence electrons. The van der Waals surface area contributed by atoms with E-state index in [0.717, 1.165) is 12.7 Å². The van der Waals surface area contributed by atoms with Gasteiger partial charge in [0, 0.05) is 12.7 Å². The van der Waals surface area contributed by atoms with Crippen molar-refractivity contribution in [1.29, 1.82) is 0 Å². The van der Waals surface area contributed by atoms with Crippen LogP contribution < -0.4 is 10.6 Å². The van der Waals surface area contributed by atoms with Crippen LogP contribution in [0, 0.1) is 0 Å². The second-order valence-corrected chi connectivity index (χ2v) is 2.07. The molecule has 1 saturated heterocycles. The summed E-state index contributed by atoms with van der Waals surface area (Å²) in [5.74, 6) is 0. The Balaban J connectivity index is 2.12. The first-order valence-electron chi connectivity index (χ1n) is 2.83. The van der Waals surface area contributed by atoms with E-state index in [1.54, 1.807) is 0 Å². The van der Waals surface area contributed by atoms with Crippen molar-refractivity contribution in [2.75, 3.05) is 13.2 Å². The minimum atomic E-state index is 0.723. The molecule has 0 aromatic heterocycles. The van der Waals surface area contributed by atoms with Gasteiger partial charge in [0.25, 0.3) is 0 Å². The maximum atomic E-state index is 3.27. The fourth-order valence-electron chi connectivity index (χ4n) is 0.755. The van der Waals surface area contributed by atoms with E-state index in [1.807, 2.05) is 0 Å². The van der Waals surface area contributed by atoms with Crippen molar-refractivity contribution in [3.63, 3.8) is 0 Å². The van der Waals surface area contributed by atoms with Crippen LogP contribution >= 0.6 is 0 Å². The lowest BCUT2D eigenvalue weighted by Crippen LogP contribution is -2.43. The van der Waals surface area contributed by atoms with E-state index in [4.69, 9.17) is 0 Å². The van der Waals surface area contributed by atoms with Gasteiger partial charge >= 0.3 is 0 Å². The Morgan fingerprint density at radius 1 is 1.57 bits per heavy atom. The van der Waals surface area contributed by atoms with Gasteiger partial charge in [0.1, 0.15) is 0 Å². The Labute approximate surface area is 44.3 Å². The first-order chi connectivity index (χ1) is 3.39. The van der Waals surface area contributed by atoms with Crippen molar-refractivity contribution in [3.05, 3.63) is 0 Å². The lowest BCUT2D eigenvalue weighted by molar-refractivity contribution is 0.410. The van der Waals surface area contributed by atoms with Gasteiger partial charge in [-0.05, 0) is 19.9 Å². The number of hydrogen-bond acceptors (Lipinski definition) is 2. The summed E-state index contributed by atoms with van der Waals surface area (Å²) in [5, 5.41) is 6.47. The van der Waals surface area contributed by atoms with Crippen molar-refractivity contribution >= 4 is 0 Å². The maximum Gasteiger partial charge on any atom is 0.0456 e. The minimum absolute atomic E-state index is 0.723. The molecule has 0 aromatic rings. The first kappa shape index (κ1) is 5.06. The molecule has 0 spiro atoms. The highest BCUT2D eigenvalue weighted by Gasteiger charge is 2.03. The highest BCUT2D eigenvalue weighted by molar-refractivity contribution is 4.65. The van der Waals surface area contributed by atoms with Crippen molar-refractivity contribution in [2.24, 2.45) is 0 Å². The molecule has 2 N–H and O–H groups in total. The quantitative estimate of drug-likeness (QED) is 0.445. The summed E-state index contributed by atoms with van der Waals surface area (Å²) < 4.78 is 0. The van der Waals surface area contributed by atoms with Crippen LogP contribution in [-0.4, -0.2) is 19.3 Å². The molecule has 1 fully saturated rings. The van der Waals surface area contributed by atoms with Gasteiger partial charge in [-0.25, -0.2) is 0 Å². The zero-order valence-electron chi connectivity index (χ0n) is 4.70. The summed E-state index contributed by atoms with van der Waals surface area (Å²) >= 11 is 0. The molecular weight excluding hydrogens is 88.1 g/mol. The Morgan fingerprint density at radius 2 is 2.43 bits per heavy atom. The monoisotopic (exact) mass is 100 g/mol. The smallest absolute Gasteiger partial charge is 0.0456 e. The van der Waals surface area contributed by atoms with Gasteiger partial charge < -0.3 is 10.6 Å². The molecular formula is C5H12N2. The average molecular weight is 100 g/mol. The summed E-state index contributed by atoms with van der Waals surface area (Å²) in [6.45, 7) is 4.37. The van der Waals surface area contributed by atoms with E-state index in [2.05, 4.69) is 17.6 Å². The summed E-state index contributed by atoms with van der Waals surface area (Å²) in [5.41, 5.74) is 0. The minimum Gasteiger partial charge on any atom is -0.304 e. The van der Waals surface area contributed by atoms with Gasteiger partial charge in [0.05, 0.1) is 0 Å². The fourth-order valence-corrected chi connectivity index (χ4v) is 0.755. The normalized spacial score (nSPS) is 33.0. The molecule has 0 saturated carbocycles. The van der Waals surface area contributed by atoms with Gasteiger partial charge in [0.2, 0.25) is 0 Å². The zero-order valence-corrected chi connectivity index (χ0v) is 4.70. The number of rotatable bonds is 0. The highest BCUT2D eigenvalue weighted by atomic mass is 15.1. The molecule has 0 bridgehead atoms. The lowest BCUT2D eigenvalue weighted by atomic mass is 10.2. The van der Waals surface area contributed by atoms with Crippen LogP contribution in [0.3, 0.4) is 0 Å². The Morgan fingerprint density at radius 3 is 2.71 bits per heavy atom. The molecule has 1 rings (SSSR count). The molecule has 1 aliphatic rings. The molecule has 2 nitrogen and oxygen atoms in total.